The summed E-state index contributed by atoms with van der Waals surface area (Å²) in [6.45, 7) is 12.1. The van der Waals surface area contributed by atoms with E-state index in [1.807, 2.05) is 18.2 Å². The molecule has 0 saturated heterocycles. The Hall–Kier alpha value is -1.42. The van der Waals surface area contributed by atoms with E-state index in [0.29, 0.717) is 6.61 Å². The van der Waals surface area contributed by atoms with Gasteiger partial charge in [-0.25, -0.2) is 0 Å². The molecule has 0 aliphatic heterocycles. The second-order valence-corrected chi connectivity index (χ2v) is 12.4. The molecule has 0 spiro atoms. The molecule has 0 fully saturated rings. The fourth-order valence-corrected chi connectivity index (χ4v) is 3.13. The zero-order valence-electron chi connectivity index (χ0n) is 14.9. The van der Waals surface area contributed by atoms with E-state index in [0.717, 1.165) is 16.7 Å². The van der Waals surface area contributed by atoms with E-state index in [1.165, 1.54) is 5.56 Å². The van der Waals surface area contributed by atoms with E-state index in [9.17, 15) is 5.11 Å². The normalized spacial score (nSPS) is 12.4. The molecule has 0 aromatic heterocycles. The molecule has 0 aliphatic rings. The Labute approximate surface area is 141 Å². The Kier molecular flexibility index (Phi) is 5.45. The molecule has 0 unspecified atom stereocenters. The Bertz CT molecular complexity index is 657. The van der Waals surface area contributed by atoms with Crippen LogP contribution in [0.1, 0.15) is 31.9 Å². The maximum Gasteiger partial charge on any atom is 0.192 e. The third-order valence-corrected chi connectivity index (χ3v) is 9.25. The summed E-state index contributed by atoms with van der Waals surface area (Å²) in [5, 5.41) is 9.52. The van der Waals surface area contributed by atoms with Crippen molar-refractivity contribution in [1.29, 1.82) is 0 Å². The summed E-state index contributed by atoms with van der Waals surface area (Å²) < 4.78 is 6.31. The minimum atomic E-state index is -1.73. The number of hydrogen-bond acceptors (Lipinski definition) is 2. The van der Waals surface area contributed by atoms with Gasteiger partial charge in [0.25, 0.3) is 0 Å². The van der Waals surface area contributed by atoms with Crippen LogP contribution >= 0.6 is 0 Å². The van der Waals surface area contributed by atoms with Crippen LogP contribution in [0, 0.1) is 0 Å². The van der Waals surface area contributed by atoms with Crippen LogP contribution in [0.25, 0.3) is 11.1 Å². The molecule has 2 rings (SSSR count). The van der Waals surface area contributed by atoms with Gasteiger partial charge in [-0.1, -0.05) is 57.2 Å². The molecule has 0 amide bonds. The van der Waals surface area contributed by atoms with Crippen molar-refractivity contribution in [2.75, 3.05) is 0 Å². The van der Waals surface area contributed by atoms with Gasteiger partial charge in [0.1, 0.15) is 0 Å². The van der Waals surface area contributed by atoms with Crippen LogP contribution in [-0.2, 0) is 17.6 Å². The van der Waals surface area contributed by atoms with Gasteiger partial charge in [-0.15, -0.1) is 0 Å². The molecular weight excluding hydrogens is 300 g/mol. The molecule has 2 aromatic carbocycles. The zero-order valence-corrected chi connectivity index (χ0v) is 15.9. The first-order valence-corrected chi connectivity index (χ1v) is 11.1. The number of aliphatic hydroxyl groups is 1. The van der Waals surface area contributed by atoms with Crippen molar-refractivity contribution in [3.05, 3.63) is 59.7 Å². The fourth-order valence-electron chi connectivity index (χ4n) is 2.17. The highest BCUT2D eigenvalue weighted by atomic mass is 28.4. The number of rotatable bonds is 5. The second kappa shape index (κ2) is 6.99. The molecule has 124 valence electrons. The average Bonchev–Trinajstić information content (AvgIpc) is 2.52. The van der Waals surface area contributed by atoms with Crippen LogP contribution in [0.2, 0.25) is 18.1 Å². The summed E-state index contributed by atoms with van der Waals surface area (Å²) >= 11 is 0. The maximum atomic E-state index is 9.30. The van der Waals surface area contributed by atoms with Gasteiger partial charge < -0.3 is 9.53 Å². The molecule has 1 N–H and O–H groups in total. The third kappa shape index (κ3) is 4.53. The number of aliphatic hydroxyl groups excluding tert-OH is 1. The van der Waals surface area contributed by atoms with E-state index in [1.54, 1.807) is 0 Å². The minimum Gasteiger partial charge on any atom is -0.413 e. The van der Waals surface area contributed by atoms with Crippen LogP contribution in [0.3, 0.4) is 0 Å². The van der Waals surface area contributed by atoms with Gasteiger partial charge in [-0.3, -0.25) is 0 Å². The molecule has 2 nitrogen and oxygen atoms in total. The first kappa shape index (κ1) is 17.9. The lowest BCUT2D eigenvalue weighted by atomic mass is 10.0. The minimum absolute atomic E-state index is 0.0714. The lowest BCUT2D eigenvalue weighted by molar-refractivity contribution is 0.276. The quantitative estimate of drug-likeness (QED) is 0.748. The van der Waals surface area contributed by atoms with Crippen molar-refractivity contribution < 1.29 is 9.53 Å². The van der Waals surface area contributed by atoms with E-state index in [-0.39, 0.29) is 11.6 Å². The van der Waals surface area contributed by atoms with Crippen molar-refractivity contribution in [2.45, 2.75) is 52.1 Å². The standard InChI is InChI=1S/C20H28O2Si/c1-20(2,3)23(4,5)22-15-17-9-7-11-19(13-17)18-10-6-8-16(12-18)14-21/h6-13,21H,14-15H2,1-5H3. The Morgan fingerprint density at radius 3 is 1.96 bits per heavy atom. The van der Waals surface area contributed by atoms with E-state index in [4.69, 9.17) is 4.43 Å². The summed E-state index contributed by atoms with van der Waals surface area (Å²) in [5.74, 6) is 0. The zero-order chi connectivity index (χ0) is 17.1. The summed E-state index contributed by atoms with van der Waals surface area (Å²) in [7, 11) is -1.73. The fraction of sp³-hybridized carbons (Fsp3) is 0.400. The van der Waals surface area contributed by atoms with Gasteiger partial charge in [0, 0.05) is 0 Å². The van der Waals surface area contributed by atoms with Gasteiger partial charge in [-0.05, 0) is 52.5 Å². The van der Waals surface area contributed by atoms with Gasteiger partial charge in [0.2, 0.25) is 0 Å². The highest BCUT2D eigenvalue weighted by Crippen LogP contribution is 2.37. The first-order valence-electron chi connectivity index (χ1n) is 8.16. The largest absolute Gasteiger partial charge is 0.413 e. The Morgan fingerprint density at radius 2 is 1.43 bits per heavy atom. The maximum absolute atomic E-state index is 9.30. The van der Waals surface area contributed by atoms with Crippen LogP contribution < -0.4 is 0 Å². The summed E-state index contributed by atoms with van der Waals surface area (Å²) in [6.07, 6.45) is 0. The number of benzene rings is 2. The molecule has 2 aromatic rings. The average molecular weight is 329 g/mol. The van der Waals surface area contributed by atoms with Crippen molar-refractivity contribution in [3.63, 3.8) is 0 Å². The van der Waals surface area contributed by atoms with Gasteiger partial charge in [-0.2, -0.15) is 0 Å². The van der Waals surface area contributed by atoms with Gasteiger partial charge >= 0.3 is 0 Å². The lowest BCUT2D eigenvalue weighted by Gasteiger charge is -2.36. The molecule has 23 heavy (non-hydrogen) atoms. The summed E-state index contributed by atoms with van der Waals surface area (Å²) in [5.41, 5.74) is 4.43. The molecular formula is C20H28O2Si. The highest BCUT2D eigenvalue weighted by molar-refractivity contribution is 6.74. The van der Waals surface area contributed by atoms with Crippen LogP contribution in [0.15, 0.2) is 48.5 Å². The van der Waals surface area contributed by atoms with Gasteiger partial charge in [0.15, 0.2) is 8.32 Å². The topological polar surface area (TPSA) is 29.5 Å². The van der Waals surface area contributed by atoms with Gasteiger partial charge in [0.05, 0.1) is 13.2 Å². The summed E-state index contributed by atoms with van der Waals surface area (Å²) in [6, 6.07) is 16.5. The van der Waals surface area contributed by atoms with Crippen LogP contribution in [0.4, 0.5) is 0 Å². The molecule has 0 aliphatic carbocycles. The smallest absolute Gasteiger partial charge is 0.192 e. The molecule has 0 radical (unpaired) electrons. The molecule has 3 heteroatoms. The van der Waals surface area contributed by atoms with E-state index in [2.05, 4.69) is 64.2 Å². The predicted molar refractivity (Wildman–Crippen MR) is 99.8 cm³/mol. The monoisotopic (exact) mass is 328 g/mol. The number of hydrogen-bond donors (Lipinski definition) is 1. The van der Waals surface area contributed by atoms with E-state index < -0.39 is 8.32 Å². The predicted octanol–water partition coefficient (Wildman–Crippen LogP) is 5.37. The van der Waals surface area contributed by atoms with Crippen molar-refractivity contribution in [2.24, 2.45) is 0 Å². The van der Waals surface area contributed by atoms with Crippen molar-refractivity contribution in [1.82, 2.24) is 0 Å². The molecule has 0 atom stereocenters. The van der Waals surface area contributed by atoms with Crippen LogP contribution in [0.5, 0.6) is 0 Å². The molecule has 0 heterocycles. The van der Waals surface area contributed by atoms with E-state index >= 15 is 0 Å². The molecule has 0 saturated carbocycles. The molecule has 0 bridgehead atoms. The first-order chi connectivity index (χ1) is 10.7. The van der Waals surface area contributed by atoms with Crippen LogP contribution in [-0.4, -0.2) is 13.4 Å². The third-order valence-electron chi connectivity index (χ3n) is 4.78. The Morgan fingerprint density at radius 1 is 0.913 bits per heavy atom. The second-order valence-electron chi connectivity index (χ2n) is 7.61. The SMILES string of the molecule is CC(C)(C)[Si](C)(C)OCc1cccc(-c2cccc(CO)c2)c1. The lowest BCUT2D eigenvalue weighted by Crippen LogP contribution is -2.40. The summed E-state index contributed by atoms with van der Waals surface area (Å²) in [4.78, 5) is 0. The van der Waals surface area contributed by atoms with Crippen molar-refractivity contribution >= 4 is 8.32 Å². The van der Waals surface area contributed by atoms with Crippen molar-refractivity contribution in [3.8, 4) is 11.1 Å². The highest BCUT2D eigenvalue weighted by Gasteiger charge is 2.36. The Balaban J connectivity index is 2.17.